The van der Waals surface area contributed by atoms with Crippen molar-refractivity contribution in [1.82, 2.24) is 0 Å². The van der Waals surface area contributed by atoms with E-state index >= 15 is 0 Å². The maximum absolute atomic E-state index is 12.5. The summed E-state index contributed by atoms with van der Waals surface area (Å²) in [6.07, 6.45) is -6.71. The lowest BCUT2D eigenvalue weighted by molar-refractivity contribution is -0.299. The van der Waals surface area contributed by atoms with Crippen LogP contribution in [0.2, 0.25) is 0 Å². The molecule has 0 saturated carbocycles. The summed E-state index contributed by atoms with van der Waals surface area (Å²) in [5.41, 5.74) is 1.51. The van der Waals surface area contributed by atoms with Crippen LogP contribution in [0, 0.1) is 0 Å². The van der Waals surface area contributed by atoms with E-state index in [2.05, 4.69) is 0 Å². The van der Waals surface area contributed by atoms with Gasteiger partial charge in [-0.15, -0.1) is 11.6 Å². The van der Waals surface area contributed by atoms with Crippen molar-refractivity contribution in [2.24, 2.45) is 0 Å². The quantitative estimate of drug-likeness (QED) is 0.184. The Morgan fingerprint density at radius 2 is 1.91 bits per heavy atom. The van der Waals surface area contributed by atoms with E-state index in [1.165, 1.54) is 4.90 Å². The second-order valence-electron chi connectivity index (χ2n) is 7.94. The van der Waals surface area contributed by atoms with Crippen LogP contribution in [-0.2, 0) is 19.1 Å². The first-order valence-electron chi connectivity index (χ1n) is 10.4. The number of aliphatic hydroxyl groups excluding tert-OH is 4. The summed E-state index contributed by atoms with van der Waals surface area (Å²) in [4.78, 5) is 25.6. The van der Waals surface area contributed by atoms with Crippen molar-refractivity contribution >= 4 is 40.4 Å². The smallest absolute Gasteiger partial charge is 0.337 e. The van der Waals surface area contributed by atoms with Gasteiger partial charge in [-0.3, -0.25) is 4.79 Å². The fourth-order valence-electron chi connectivity index (χ4n) is 4.26. The Labute approximate surface area is 193 Å². The molecule has 0 aromatic heterocycles. The number of hydrogen-bond acceptors (Lipinski definition) is 9. The lowest BCUT2D eigenvalue weighted by Crippen LogP contribution is -2.59. The van der Waals surface area contributed by atoms with Crippen LogP contribution < -0.4 is 9.64 Å². The number of alkyl halides is 1. The molecule has 6 atom stereocenters. The molecule has 2 aromatic carbocycles. The van der Waals surface area contributed by atoms with Crippen molar-refractivity contribution in [2.75, 3.05) is 30.5 Å². The third-order valence-electron chi connectivity index (χ3n) is 5.91. The Balaban J connectivity index is 1.53. The fourth-order valence-corrected chi connectivity index (χ4v) is 4.51. The van der Waals surface area contributed by atoms with Gasteiger partial charge in [-0.05, 0) is 10.9 Å². The number of hydrogen-bond donors (Lipinski definition) is 4. The minimum atomic E-state index is -1.63. The molecule has 2 heterocycles. The number of anilines is 1. The molecule has 1 saturated heterocycles. The second kappa shape index (κ2) is 9.90. The topological polar surface area (TPSA) is 146 Å². The highest BCUT2D eigenvalue weighted by Crippen LogP contribution is 2.45. The number of ether oxygens (including phenoxy) is 3. The SMILES string of the molecule is O=CN1CC(CCl)c2c1cc(OC(=O)COC1OC(CO)C(O)C(O)C1O)c1ccccc21. The largest absolute Gasteiger partial charge is 0.424 e. The zero-order valence-electron chi connectivity index (χ0n) is 17.4. The van der Waals surface area contributed by atoms with Gasteiger partial charge in [0.2, 0.25) is 6.41 Å². The van der Waals surface area contributed by atoms with Crippen molar-refractivity contribution in [2.45, 2.75) is 36.6 Å². The molecule has 0 spiro atoms. The van der Waals surface area contributed by atoms with Gasteiger partial charge >= 0.3 is 5.97 Å². The van der Waals surface area contributed by atoms with Crippen LogP contribution in [0.25, 0.3) is 10.8 Å². The Morgan fingerprint density at radius 3 is 2.58 bits per heavy atom. The van der Waals surface area contributed by atoms with Crippen molar-refractivity contribution in [3.63, 3.8) is 0 Å². The van der Waals surface area contributed by atoms with Crippen LogP contribution in [0.5, 0.6) is 5.75 Å². The first kappa shape index (κ1) is 23.8. The summed E-state index contributed by atoms with van der Waals surface area (Å²) in [5.74, 6) is -0.334. The van der Waals surface area contributed by atoms with Crippen molar-refractivity contribution in [1.29, 1.82) is 0 Å². The van der Waals surface area contributed by atoms with E-state index in [1.807, 2.05) is 12.1 Å². The number of nitrogens with zero attached hydrogens (tertiary/aromatic N) is 1. The first-order valence-corrected chi connectivity index (χ1v) is 10.9. The molecule has 1 fully saturated rings. The van der Waals surface area contributed by atoms with Crippen molar-refractivity contribution < 1.29 is 44.2 Å². The van der Waals surface area contributed by atoms with Crippen LogP contribution >= 0.6 is 11.6 Å². The van der Waals surface area contributed by atoms with Crippen molar-refractivity contribution in [3.05, 3.63) is 35.9 Å². The van der Waals surface area contributed by atoms with Gasteiger partial charge in [-0.25, -0.2) is 4.79 Å². The highest BCUT2D eigenvalue weighted by atomic mass is 35.5. The van der Waals surface area contributed by atoms with E-state index in [0.717, 1.165) is 10.9 Å². The Kier molecular flexibility index (Phi) is 7.15. The third kappa shape index (κ3) is 4.43. The highest BCUT2D eigenvalue weighted by Gasteiger charge is 2.44. The number of halogens is 1. The monoisotopic (exact) mass is 481 g/mol. The number of amides is 1. The van der Waals surface area contributed by atoms with Crippen LogP contribution in [0.1, 0.15) is 11.5 Å². The number of carbonyl (C=O) groups excluding carboxylic acids is 2. The zero-order chi connectivity index (χ0) is 23.7. The number of aliphatic hydroxyl groups is 4. The number of benzene rings is 2. The number of esters is 1. The van der Waals surface area contributed by atoms with Gasteiger partial charge in [-0.2, -0.15) is 0 Å². The van der Waals surface area contributed by atoms with Crippen molar-refractivity contribution in [3.8, 4) is 5.75 Å². The zero-order valence-corrected chi connectivity index (χ0v) is 18.2. The van der Waals surface area contributed by atoms with E-state index in [9.17, 15) is 30.0 Å². The molecule has 6 unspecified atom stereocenters. The molecule has 0 bridgehead atoms. The molecule has 2 aliphatic rings. The molecule has 4 N–H and O–H groups in total. The lowest BCUT2D eigenvalue weighted by atomic mass is 9.95. The Morgan fingerprint density at radius 1 is 1.18 bits per heavy atom. The number of rotatable bonds is 7. The summed E-state index contributed by atoms with van der Waals surface area (Å²) in [6.45, 7) is -0.841. The summed E-state index contributed by atoms with van der Waals surface area (Å²) in [6, 6.07) is 8.88. The summed E-state index contributed by atoms with van der Waals surface area (Å²) >= 11 is 6.12. The summed E-state index contributed by atoms with van der Waals surface area (Å²) in [7, 11) is 0. The van der Waals surface area contributed by atoms with E-state index in [-0.39, 0.29) is 11.7 Å². The Bertz CT molecular complexity index is 1030. The van der Waals surface area contributed by atoms with Gasteiger partial charge in [-0.1, -0.05) is 24.3 Å². The first-order chi connectivity index (χ1) is 15.9. The molecular formula is C22H24ClNO9. The van der Waals surface area contributed by atoms with Gasteiger partial charge in [0.25, 0.3) is 0 Å². The summed E-state index contributed by atoms with van der Waals surface area (Å²) < 4.78 is 16.0. The standard InChI is InChI=1S/C22H24ClNO9/c23-6-11-7-24(10-26)14-5-15(12-3-1-2-4-13(12)18(11)14)32-17(27)9-31-22-21(30)20(29)19(28)16(8-25)33-22/h1-5,10-11,16,19-22,25,28-30H,6-9H2. The second-order valence-corrected chi connectivity index (χ2v) is 8.25. The molecule has 33 heavy (non-hydrogen) atoms. The van der Waals surface area contributed by atoms with Crippen LogP contribution in [0.3, 0.4) is 0 Å². The third-order valence-corrected chi connectivity index (χ3v) is 6.28. The van der Waals surface area contributed by atoms with Gasteiger partial charge in [0.1, 0.15) is 36.8 Å². The van der Waals surface area contributed by atoms with Gasteiger partial charge in [0.05, 0.1) is 12.3 Å². The average Bonchev–Trinajstić information content (AvgIpc) is 3.20. The molecule has 0 radical (unpaired) electrons. The van der Waals surface area contributed by atoms with E-state index < -0.39 is 49.9 Å². The average molecular weight is 482 g/mol. The van der Waals surface area contributed by atoms with E-state index in [0.29, 0.717) is 29.9 Å². The van der Waals surface area contributed by atoms with Gasteiger partial charge in [0, 0.05) is 29.8 Å². The van der Waals surface area contributed by atoms with Crippen LogP contribution in [-0.4, -0.2) is 89.1 Å². The molecular weight excluding hydrogens is 458 g/mol. The molecule has 4 rings (SSSR count). The summed E-state index contributed by atoms with van der Waals surface area (Å²) in [5, 5.41) is 40.4. The molecule has 2 aromatic rings. The lowest BCUT2D eigenvalue weighted by Gasteiger charge is -2.39. The Hall–Kier alpha value is -2.31. The maximum Gasteiger partial charge on any atom is 0.337 e. The number of fused-ring (bicyclic) bond motifs is 3. The van der Waals surface area contributed by atoms with Gasteiger partial charge < -0.3 is 39.5 Å². The van der Waals surface area contributed by atoms with Gasteiger partial charge in [0.15, 0.2) is 6.29 Å². The molecule has 1 amide bonds. The van der Waals surface area contributed by atoms with Crippen LogP contribution in [0.15, 0.2) is 30.3 Å². The minimum absolute atomic E-state index is 0.0592. The normalized spacial score (nSPS) is 29.2. The van der Waals surface area contributed by atoms with Crippen LogP contribution in [0.4, 0.5) is 5.69 Å². The van der Waals surface area contributed by atoms with E-state index in [1.54, 1.807) is 18.2 Å². The highest BCUT2D eigenvalue weighted by molar-refractivity contribution is 6.19. The molecule has 2 aliphatic heterocycles. The number of carbonyl (C=O) groups is 2. The van der Waals surface area contributed by atoms with E-state index in [4.69, 9.17) is 25.8 Å². The minimum Gasteiger partial charge on any atom is -0.424 e. The predicted octanol–water partition coefficient (Wildman–Crippen LogP) is -0.140. The predicted molar refractivity (Wildman–Crippen MR) is 116 cm³/mol. The molecule has 0 aliphatic carbocycles. The molecule has 10 nitrogen and oxygen atoms in total. The molecule has 178 valence electrons. The fraction of sp³-hybridized carbons (Fsp3) is 0.455. The molecule has 11 heteroatoms. The maximum atomic E-state index is 12.5.